The maximum Gasteiger partial charge on any atom is 0.125 e. The number of aryl methyl sites for hydroxylation is 1. The highest BCUT2D eigenvalue weighted by Crippen LogP contribution is 2.26. The van der Waals surface area contributed by atoms with Crippen LogP contribution in [-0.2, 0) is 6.54 Å². The number of rotatable bonds is 4. The van der Waals surface area contributed by atoms with Gasteiger partial charge in [-0.3, -0.25) is 4.98 Å². The Morgan fingerprint density at radius 2 is 2.19 bits per heavy atom. The number of pyridine rings is 1. The van der Waals surface area contributed by atoms with Crippen LogP contribution < -0.4 is 5.32 Å². The zero-order valence-electron chi connectivity index (χ0n) is 9.66. The van der Waals surface area contributed by atoms with E-state index in [-0.39, 0.29) is 0 Å². The molecule has 0 aromatic carbocycles. The summed E-state index contributed by atoms with van der Waals surface area (Å²) in [5.74, 6) is 0.970. The first-order chi connectivity index (χ1) is 7.83. The van der Waals surface area contributed by atoms with Crippen molar-refractivity contribution in [2.75, 3.05) is 6.54 Å². The minimum Gasteiger partial charge on any atom is -0.467 e. The van der Waals surface area contributed by atoms with Crippen molar-refractivity contribution in [2.24, 2.45) is 0 Å². The van der Waals surface area contributed by atoms with Crippen molar-refractivity contribution in [3.05, 3.63) is 42.1 Å². The van der Waals surface area contributed by atoms with E-state index in [0.717, 1.165) is 30.0 Å². The quantitative estimate of drug-likeness (QED) is 0.854. The minimum atomic E-state index is 0.757. The lowest BCUT2D eigenvalue weighted by Gasteiger charge is -2.05. The molecule has 0 spiro atoms. The van der Waals surface area contributed by atoms with Crippen molar-refractivity contribution in [1.29, 1.82) is 0 Å². The second kappa shape index (κ2) is 4.94. The molecule has 0 saturated carbocycles. The lowest BCUT2D eigenvalue weighted by molar-refractivity contribution is 0.489. The van der Waals surface area contributed by atoms with E-state index >= 15 is 0 Å². The van der Waals surface area contributed by atoms with Crippen LogP contribution in [0.5, 0.6) is 0 Å². The Labute approximate surface area is 95.5 Å². The molecule has 2 heterocycles. The third-order valence-corrected chi connectivity index (χ3v) is 2.61. The van der Waals surface area contributed by atoms with Crippen molar-refractivity contribution >= 4 is 0 Å². The highest BCUT2D eigenvalue weighted by atomic mass is 16.3. The molecule has 0 amide bonds. The minimum absolute atomic E-state index is 0.757. The SMILES string of the molecule is CCNCc1occc1-c1cnccc1C. The summed E-state index contributed by atoms with van der Waals surface area (Å²) < 4.78 is 5.49. The molecule has 1 N–H and O–H groups in total. The van der Waals surface area contributed by atoms with E-state index < -0.39 is 0 Å². The number of furan rings is 1. The number of nitrogens with one attached hydrogen (secondary N) is 1. The Kier molecular flexibility index (Phi) is 3.37. The predicted octanol–water partition coefficient (Wildman–Crippen LogP) is 2.76. The summed E-state index contributed by atoms with van der Waals surface area (Å²) in [4.78, 5) is 4.16. The van der Waals surface area contributed by atoms with E-state index in [9.17, 15) is 0 Å². The molecular weight excluding hydrogens is 200 g/mol. The summed E-state index contributed by atoms with van der Waals surface area (Å²) in [5.41, 5.74) is 3.49. The van der Waals surface area contributed by atoms with Gasteiger partial charge in [0.25, 0.3) is 0 Å². The van der Waals surface area contributed by atoms with Crippen molar-refractivity contribution in [3.63, 3.8) is 0 Å². The maximum absolute atomic E-state index is 5.49. The molecule has 0 saturated heterocycles. The molecule has 3 heteroatoms. The molecule has 16 heavy (non-hydrogen) atoms. The highest BCUT2D eigenvalue weighted by molar-refractivity contribution is 5.67. The molecular formula is C13H16N2O. The van der Waals surface area contributed by atoms with Gasteiger partial charge in [0.2, 0.25) is 0 Å². The molecule has 2 rings (SSSR count). The van der Waals surface area contributed by atoms with E-state index in [1.54, 1.807) is 6.26 Å². The van der Waals surface area contributed by atoms with E-state index in [2.05, 4.69) is 24.1 Å². The van der Waals surface area contributed by atoms with Gasteiger partial charge in [-0.2, -0.15) is 0 Å². The van der Waals surface area contributed by atoms with Crippen LogP contribution in [0.1, 0.15) is 18.2 Å². The first kappa shape index (κ1) is 10.9. The van der Waals surface area contributed by atoms with Crippen molar-refractivity contribution < 1.29 is 4.42 Å². The zero-order valence-corrected chi connectivity index (χ0v) is 9.66. The van der Waals surface area contributed by atoms with Crippen LogP contribution in [0.15, 0.2) is 35.2 Å². The third-order valence-electron chi connectivity index (χ3n) is 2.61. The normalized spacial score (nSPS) is 10.6. The molecule has 84 valence electrons. The van der Waals surface area contributed by atoms with Gasteiger partial charge in [0.1, 0.15) is 5.76 Å². The van der Waals surface area contributed by atoms with Crippen LogP contribution in [0.3, 0.4) is 0 Å². The molecule has 2 aromatic heterocycles. The Bertz CT molecular complexity index is 462. The monoisotopic (exact) mass is 216 g/mol. The van der Waals surface area contributed by atoms with Crippen molar-refractivity contribution in [2.45, 2.75) is 20.4 Å². The highest BCUT2D eigenvalue weighted by Gasteiger charge is 2.10. The first-order valence-electron chi connectivity index (χ1n) is 5.51. The molecule has 0 radical (unpaired) electrons. The number of aromatic nitrogens is 1. The van der Waals surface area contributed by atoms with E-state index in [0.29, 0.717) is 0 Å². The second-order valence-electron chi connectivity index (χ2n) is 3.73. The van der Waals surface area contributed by atoms with Gasteiger partial charge >= 0.3 is 0 Å². The van der Waals surface area contributed by atoms with Gasteiger partial charge < -0.3 is 9.73 Å². The molecule has 0 unspecified atom stereocenters. The fourth-order valence-corrected chi connectivity index (χ4v) is 1.70. The number of hydrogen-bond acceptors (Lipinski definition) is 3. The molecule has 0 aliphatic heterocycles. The lowest BCUT2D eigenvalue weighted by Crippen LogP contribution is -2.11. The largest absolute Gasteiger partial charge is 0.467 e. The topological polar surface area (TPSA) is 38.1 Å². The Hall–Kier alpha value is -1.61. The Morgan fingerprint density at radius 3 is 2.94 bits per heavy atom. The zero-order chi connectivity index (χ0) is 11.4. The van der Waals surface area contributed by atoms with E-state index in [1.165, 1.54) is 5.56 Å². The molecule has 0 atom stereocenters. The second-order valence-corrected chi connectivity index (χ2v) is 3.73. The molecule has 0 fully saturated rings. The Balaban J connectivity index is 2.33. The molecule has 0 aliphatic carbocycles. The average Bonchev–Trinajstić information content (AvgIpc) is 2.75. The summed E-state index contributed by atoms with van der Waals surface area (Å²) >= 11 is 0. The fourth-order valence-electron chi connectivity index (χ4n) is 1.70. The summed E-state index contributed by atoms with van der Waals surface area (Å²) in [6.07, 6.45) is 5.42. The van der Waals surface area contributed by atoms with Gasteiger partial charge in [-0.25, -0.2) is 0 Å². The molecule has 3 nitrogen and oxygen atoms in total. The summed E-state index contributed by atoms with van der Waals surface area (Å²) in [5, 5.41) is 3.27. The van der Waals surface area contributed by atoms with Crippen LogP contribution in [0.25, 0.3) is 11.1 Å². The first-order valence-corrected chi connectivity index (χ1v) is 5.51. The van der Waals surface area contributed by atoms with Gasteiger partial charge in [0, 0.05) is 23.5 Å². The van der Waals surface area contributed by atoms with Crippen LogP contribution in [0, 0.1) is 6.92 Å². The molecule has 0 bridgehead atoms. The van der Waals surface area contributed by atoms with Gasteiger partial charge in [-0.05, 0) is 31.2 Å². The van der Waals surface area contributed by atoms with Crippen molar-refractivity contribution in [1.82, 2.24) is 10.3 Å². The predicted molar refractivity (Wildman–Crippen MR) is 64.1 cm³/mol. The van der Waals surface area contributed by atoms with Crippen LogP contribution in [0.4, 0.5) is 0 Å². The standard InChI is InChI=1S/C13H16N2O/c1-3-14-9-13-11(5-7-16-13)12-8-15-6-4-10(12)2/h4-8,14H,3,9H2,1-2H3. The molecule has 0 aliphatic rings. The van der Waals surface area contributed by atoms with Crippen LogP contribution >= 0.6 is 0 Å². The molecule has 2 aromatic rings. The smallest absolute Gasteiger partial charge is 0.125 e. The summed E-state index contributed by atoms with van der Waals surface area (Å²) in [6, 6.07) is 4.01. The van der Waals surface area contributed by atoms with Gasteiger partial charge in [-0.15, -0.1) is 0 Å². The van der Waals surface area contributed by atoms with Gasteiger partial charge in [0.15, 0.2) is 0 Å². The number of hydrogen-bond donors (Lipinski definition) is 1. The number of nitrogens with zero attached hydrogens (tertiary/aromatic N) is 1. The fraction of sp³-hybridized carbons (Fsp3) is 0.308. The van der Waals surface area contributed by atoms with Gasteiger partial charge in [-0.1, -0.05) is 6.92 Å². The third kappa shape index (κ3) is 2.14. The summed E-state index contributed by atoms with van der Waals surface area (Å²) in [6.45, 7) is 5.86. The summed E-state index contributed by atoms with van der Waals surface area (Å²) in [7, 11) is 0. The van der Waals surface area contributed by atoms with Gasteiger partial charge in [0.05, 0.1) is 12.8 Å². The van der Waals surface area contributed by atoms with E-state index in [1.807, 2.05) is 24.5 Å². The Morgan fingerprint density at radius 1 is 1.31 bits per heavy atom. The van der Waals surface area contributed by atoms with E-state index in [4.69, 9.17) is 4.42 Å². The van der Waals surface area contributed by atoms with Crippen molar-refractivity contribution in [3.8, 4) is 11.1 Å². The average molecular weight is 216 g/mol. The van der Waals surface area contributed by atoms with Crippen LogP contribution in [-0.4, -0.2) is 11.5 Å². The van der Waals surface area contributed by atoms with Crippen LogP contribution in [0.2, 0.25) is 0 Å². The lowest BCUT2D eigenvalue weighted by atomic mass is 10.0. The maximum atomic E-state index is 5.49.